The molecule has 3 rings (SSSR count). The molecule has 2 aromatic rings. The smallest absolute Gasteiger partial charge is 0.345 e. The number of hydrogen-bond donors (Lipinski definition) is 1. The average molecular weight is 468 g/mol. The molecule has 9 heteroatoms. The summed E-state index contributed by atoms with van der Waals surface area (Å²) >= 11 is 0. The van der Waals surface area contributed by atoms with E-state index in [1.807, 2.05) is 43.3 Å². The standard InChI is InChI=1S/C24H35F2N3O4/c1-3-31-13-12-28(2)15-20(30)16-29-11-10-22(27-29)18-8-9-19(17-32-24(25)26)23(14-18)33-21-6-4-5-7-21/h8-11,14,20-21,24,30H,3-7,12-13,15-17H2,1-2H3. The lowest BCUT2D eigenvalue weighted by molar-refractivity contribution is -0.137. The minimum absolute atomic E-state index is 0.0953. The molecule has 33 heavy (non-hydrogen) atoms. The Bertz CT molecular complexity index is 843. The van der Waals surface area contributed by atoms with E-state index in [0.717, 1.165) is 43.5 Å². The summed E-state index contributed by atoms with van der Waals surface area (Å²) in [4.78, 5) is 2.03. The quantitative estimate of drug-likeness (QED) is 0.425. The van der Waals surface area contributed by atoms with E-state index in [-0.39, 0.29) is 12.7 Å². The van der Waals surface area contributed by atoms with Gasteiger partial charge in [0, 0.05) is 37.0 Å². The molecule has 7 nitrogen and oxygen atoms in total. The maximum absolute atomic E-state index is 12.6. The van der Waals surface area contributed by atoms with E-state index in [4.69, 9.17) is 9.47 Å². The van der Waals surface area contributed by atoms with E-state index in [2.05, 4.69) is 9.84 Å². The van der Waals surface area contributed by atoms with Gasteiger partial charge in [-0.25, -0.2) is 0 Å². The number of ether oxygens (including phenoxy) is 3. The first-order valence-corrected chi connectivity index (χ1v) is 11.6. The van der Waals surface area contributed by atoms with Crippen molar-refractivity contribution in [3.05, 3.63) is 36.0 Å². The van der Waals surface area contributed by atoms with E-state index in [1.165, 1.54) is 0 Å². The van der Waals surface area contributed by atoms with Crippen molar-refractivity contribution < 1.29 is 28.1 Å². The van der Waals surface area contributed by atoms with Gasteiger partial charge in [0.15, 0.2) is 0 Å². The number of rotatable bonds is 14. The van der Waals surface area contributed by atoms with Gasteiger partial charge < -0.3 is 24.2 Å². The molecule has 0 bridgehead atoms. The van der Waals surface area contributed by atoms with Crippen LogP contribution in [0.4, 0.5) is 8.78 Å². The van der Waals surface area contributed by atoms with Gasteiger partial charge in [-0.05, 0) is 51.8 Å². The van der Waals surface area contributed by atoms with Gasteiger partial charge in [0.1, 0.15) is 5.75 Å². The van der Waals surface area contributed by atoms with Crippen molar-refractivity contribution in [1.29, 1.82) is 0 Å². The van der Waals surface area contributed by atoms with Crippen LogP contribution in [0.15, 0.2) is 30.5 Å². The largest absolute Gasteiger partial charge is 0.490 e. The van der Waals surface area contributed by atoms with Crippen LogP contribution in [0.25, 0.3) is 11.3 Å². The number of hydrogen-bond acceptors (Lipinski definition) is 6. The van der Waals surface area contributed by atoms with Crippen LogP contribution >= 0.6 is 0 Å². The summed E-state index contributed by atoms with van der Waals surface area (Å²) in [5, 5.41) is 15.0. The normalized spacial score (nSPS) is 15.6. The highest BCUT2D eigenvalue weighted by atomic mass is 19.3. The summed E-state index contributed by atoms with van der Waals surface area (Å²) in [6.07, 6.45) is 5.50. The molecule has 1 atom stereocenters. The Kier molecular flexibility index (Phi) is 10.1. The van der Waals surface area contributed by atoms with E-state index in [9.17, 15) is 13.9 Å². The van der Waals surface area contributed by atoms with Crippen molar-refractivity contribution in [3.63, 3.8) is 0 Å². The van der Waals surface area contributed by atoms with E-state index in [0.29, 0.717) is 37.6 Å². The maximum atomic E-state index is 12.6. The van der Waals surface area contributed by atoms with E-state index >= 15 is 0 Å². The van der Waals surface area contributed by atoms with Crippen LogP contribution in [0.5, 0.6) is 5.75 Å². The SMILES string of the molecule is CCOCCN(C)CC(O)Cn1ccc(-c2ccc(COC(F)F)c(OC3CCCC3)c2)n1. The van der Waals surface area contributed by atoms with Crippen molar-refractivity contribution in [2.75, 3.05) is 33.4 Å². The number of benzene rings is 1. The second kappa shape index (κ2) is 13.0. The molecule has 0 spiro atoms. The van der Waals surface area contributed by atoms with Gasteiger partial charge in [0.2, 0.25) is 0 Å². The lowest BCUT2D eigenvalue weighted by Gasteiger charge is -2.20. The molecule has 0 radical (unpaired) electrons. The molecular formula is C24H35F2N3O4. The Morgan fingerprint density at radius 2 is 2.03 bits per heavy atom. The fourth-order valence-electron chi connectivity index (χ4n) is 3.99. The predicted octanol–water partition coefficient (Wildman–Crippen LogP) is 3.94. The fourth-order valence-corrected chi connectivity index (χ4v) is 3.99. The monoisotopic (exact) mass is 467 g/mol. The number of likely N-dealkylation sites (N-methyl/N-ethyl adjacent to an activating group) is 1. The second-order valence-corrected chi connectivity index (χ2v) is 8.45. The van der Waals surface area contributed by atoms with Gasteiger partial charge in [-0.15, -0.1) is 0 Å². The number of nitrogens with zero attached hydrogens (tertiary/aromatic N) is 3. The molecule has 1 saturated carbocycles. The second-order valence-electron chi connectivity index (χ2n) is 8.45. The van der Waals surface area contributed by atoms with Crippen molar-refractivity contribution in [1.82, 2.24) is 14.7 Å². The van der Waals surface area contributed by atoms with Gasteiger partial charge in [-0.1, -0.05) is 12.1 Å². The zero-order chi connectivity index (χ0) is 23.6. The van der Waals surface area contributed by atoms with Crippen LogP contribution in [-0.2, 0) is 22.6 Å². The first-order valence-electron chi connectivity index (χ1n) is 11.6. The Hall–Kier alpha value is -2.07. The van der Waals surface area contributed by atoms with Gasteiger partial charge in [-0.3, -0.25) is 4.68 Å². The summed E-state index contributed by atoms with van der Waals surface area (Å²) in [6, 6.07) is 7.29. The maximum Gasteiger partial charge on any atom is 0.345 e. The van der Waals surface area contributed by atoms with Gasteiger partial charge >= 0.3 is 6.61 Å². The lowest BCUT2D eigenvalue weighted by atomic mass is 10.1. The van der Waals surface area contributed by atoms with E-state index in [1.54, 1.807) is 10.7 Å². The van der Waals surface area contributed by atoms with Gasteiger partial charge in [0.25, 0.3) is 0 Å². The van der Waals surface area contributed by atoms with Crippen LogP contribution in [0, 0.1) is 0 Å². The molecule has 1 N–H and O–H groups in total. The first-order chi connectivity index (χ1) is 15.9. The Labute approximate surface area is 194 Å². The summed E-state index contributed by atoms with van der Waals surface area (Å²) in [6.45, 7) is 1.86. The molecular weight excluding hydrogens is 432 g/mol. The minimum atomic E-state index is -2.83. The molecule has 1 aliphatic rings. The number of alkyl halides is 2. The fraction of sp³-hybridized carbons (Fsp3) is 0.625. The third kappa shape index (κ3) is 8.33. The number of aliphatic hydroxyl groups is 1. The highest BCUT2D eigenvalue weighted by molar-refractivity contribution is 5.62. The highest BCUT2D eigenvalue weighted by Gasteiger charge is 2.19. The summed E-state index contributed by atoms with van der Waals surface area (Å²) in [5.41, 5.74) is 2.14. The molecule has 1 heterocycles. The van der Waals surface area contributed by atoms with Crippen LogP contribution in [0.3, 0.4) is 0 Å². The van der Waals surface area contributed by atoms with Crippen LogP contribution in [-0.4, -0.2) is 72.0 Å². The van der Waals surface area contributed by atoms with E-state index < -0.39 is 12.7 Å². The number of halogens is 2. The molecule has 0 aliphatic heterocycles. The zero-order valence-electron chi connectivity index (χ0n) is 19.5. The molecule has 1 aromatic carbocycles. The lowest BCUT2D eigenvalue weighted by Crippen LogP contribution is -2.34. The zero-order valence-corrected chi connectivity index (χ0v) is 19.5. The van der Waals surface area contributed by atoms with Crippen molar-refractivity contribution >= 4 is 0 Å². The van der Waals surface area contributed by atoms with Gasteiger partial charge in [0.05, 0.1) is 37.7 Å². The number of aliphatic hydroxyl groups excluding tert-OH is 1. The summed E-state index contributed by atoms with van der Waals surface area (Å²) in [5.74, 6) is 0.561. The molecule has 1 aromatic heterocycles. The van der Waals surface area contributed by atoms with Crippen LogP contribution in [0.1, 0.15) is 38.2 Å². The molecule has 184 valence electrons. The molecule has 1 unspecified atom stereocenters. The van der Waals surface area contributed by atoms with Crippen molar-refractivity contribution in [3.8, 4) is 17.0 Å². The third-order valence-corrected chi connectivity index (χ3v) is 5.71. The van der Waals surface area contributed by atoms with Crippen LogP contribution in [0.2, 0.25) is 0 Å². The molecule has 1 fully saturated rings. The number of aromatic nitrogens is 2. The minimum Gasteiger partial charge on any atom is -0.490 e. The Morgan fingerprint density at radius 1 is 1.24 bits per heavy atom. The van der Waals surface area contributed by atoms with Crippen LogP contribution < -0.4 is 4.74 Å². The predicted molar refractivity (Wildman–Crippen MR) is 121 cm³/mol. The Balaban J connectivity index is 1.64. The molecule has 0 amide bonds. The topological polar surface area (TPSA) is 69.0 Å². The highest BCUT2D eigenvalue weighted by Crippen LogP contribution is 2.31. The Morgan fingerprint density at radius 3 is 2.76 bits per heavy atom. The van der Waals surface area contributed by atoms with Crippen molar-refractivity contribution in [2.24, 2.45) is 0 Å². The first kappa shape index (κ1) is 25.6. The average Bonchev–Trinajstić information content (AvgIpc) is 3.45. The van der Waals surface area contributed by atoms with Crippen molar-refractivity contribution in [2.45, 2.75) is 64.6 Å². The third-order valence-electron chi connectivity index (χ3n) is 5.71. The van der Waals surface area contributed by atoms with Gasteiger partial charge in [-0.2, -0.15) is 13.9 Å². The summed E-state index contributed by atoms with van der Waals surface area (Å²) < 4.78 is 42.8. The molecule has 1 aliphatic carbocycles. The summed E-state index contributed by atoms with van der Waals surface area (Å²) in [7, 11) is 1.95. The molecule has 0 saturated heterocycles.